The maximum Gasteiger partial charge on any atom is 0.122 e. The molecule has 1 fully saturated rings. The van der Waals surface area contributed by atoms with Crippen molar-refractivity contribution in [3.05, 3.63) is 29.8 Å². The summed E-state index contributed by atoms with van der Waals surface area (Å²) in [5.74, 6) is 1.73. The van der Waals surface area contributed by atoms with Crippen LogP contribution in [-0.2, 0) is 0 Å². The SMILES string of the molecule is COc1c[c]ccc1C1CCCCC1. The lowest BCUT2D eigenvalue weighted by Gasteiger charge is -2.23. The molecule has 1 aliphatic rings. The molecule has 1 radical (unpaired) electrons. The number of ether oxygens (including phenoxy) is 1. The average molecular weight is 189 g/mol. The van der Waals surface area contributed by atoms with Crippen molar-refractivity contribution in [2.45, 2.75) is 38.0 Å². The fraction of sp³-hybridized carbons (Fsp3) is 0.538. The average Bonchev–Trinajstić information content (AvgIpc) is 2.30. The van der Waals surface area contributed by atoms with Gasteiger partial charge in [0, 0.05) is 0 Å². The second-order valence-corrected chi connectivity index (χ2v) is 4.00. The molecule has 1 heteroatoms. The lowest BCUT2D eigenvalue weighted by molar-refractivity contribution is 0.387. The normalized spacial score (nSPS) is 18.1. The highest BCUT2D eigenvalue weighted by Crippen LogP contribution is 2.36. The monoisotopic (exact) mass is 189 g/mol. The molecule has 1 aromatic rings. The lowest BCUT2D eigenvalue weighted by Crippen LogP contribution is -2.05. The van der Waals surface area contributed by atoms with Gasteiger partial charge in [0.2, 0.25) is 0 Å². The summed E-state index contributed by atoms with van der Waals surface area (Å²) in [6.07, 6.45) is 6.78. The molecule has 0 amide bonds. The van der Waals surface area contributed by atoms with E-state index in [-0.39, 0.29) is 0 Å². The molecule has 2 rings (SSSR count). The van der Waals surface area contributed by atoms with Crippen molar-refractivity contribution in [2.75, 3.05) is 7.11 Å². The summed E-state index contributed by atoms with van der Waals surface area (Å²) in [6, 6.07) is 9.17. The topological polar surface area (TPSA) is 9.23 Å². The van der Waals surface area contributed by atoms with Crippen LogP contribution < -0.4 is 4.74 Å². The van der Waals surface area contributed by atoms with E-state index in [0.29, 0.717) is 5.92 Å². The van der Waals surface area contributed by atoms with E-state index in [1.54, 1.807) is 7.11 Å². The Labute approximate surface area is 86.1 Å². The number of hydrogen-bond acceptors (Lipinski definition) is 1. The van der Waals surface area contributed by atoms with Crippen LogP contribution in [0.3, 0.4) is 0 Å². The quantitative estimate of drug-likeness (QED) is 0.691. The van der Waals surface area contributed by atoms with Gasteiger partial charge in [0.05, 0.1) is 7.11 Å². The standard InChI is InChI=1S/C13H17O/c1-14-13-10-6-5-9-12(13)11-7-3-2-4-8-11/h5,9-11H,2-4,7-8H2,1H3. The number of hydrogen-bond donors (Lipinski definition) is 0. The Kier molecular flexibility index (Phi) is 3.07. The van der Waals surface area contributed by atoms with Gasteiger partial charge in [-0.2, -0.15) is 0 Å². The molecule has 0 saturated heterocycles. The minimum atomic E-state index is 0.716. The Bertz CT molecular complexity index is 287. The van der Waals surface area contributed by atoms with Crippen LogP contribution in [0.4, 0.5) is 0 Å². The Morgan fingerprint density at radius 3 is 2.79 bits per heavy atom. The van der Waals surface area contributed by atoms with E-state index in [2.05, 4.69) is 12.1 Å². The van der Waals surface area contributed by atoms with Gasteiger partial charge in [-0.3, -0.25) is 0 Å². The molecule has 75 valence electrons. The Morgan fingerprint density at radius 1 is 1.29 bits per heavy atom. The third-order valence-electron chi connectivity index (χ3n) is 3.12. The maximum absolute atomic E-state index is 5.37. The van der Waals surface area contributed by atoms with E-state index in [9.17, 15) is 0 Å². The molecule has 1 aromatic carbocycles. The minimum absolute atomic E-state index is 0.716. The van der Waals surface area contributed by atoms with Gasteiger partial charge in [-0.1, -0.05) is 31.4 Å². The van der Waals surface area contributed by atoms with E-state index in [1.165, 1.54) is 37.7 Å². The molecule has 0 N–H and O–H groups in total. The molecule has 1 saturated carbocycles. The predicted octanol–water partition coefficient (Wildman–Crippen LogP) is 3.54. The van der Waals surface area contributed by atoms with Crippen LogP contribution >= 0.6 is 0 Å². The molecule has 1 aliphatic carbocycles. The fourth-order valence-corrected chi connectivity index (χ4v) is 2.35. The molecule has 14 heavy (non-hydrogen) atoms. The van der Waals surface area contributed by atoms with E-state index in [4.69, 9.17) is 4.74 Å². The number of benzene rings is 1. The summed E-state index contributed by atoms with van der Waals surface area (Å²) in [6.45, 7) is 0. The zero-order valence-electron chi connectivity index (χ0n) is 8.75. The van der Waals surface area contributed by atoms with Crippen molar-refractivity contribution in [3.63, 3.8) is 0 Å². The highest BCUT2D eigenvalue weighted by Gasteiger charge is 2.18. The van der Waals surface area contributed by atoms with Crippen molar-refractivity contribution in [1.82, 2.24) is 0 Å². The maximum atomic E-state index is 5.37. The van der Waals surface area contributed by atoms with Gasteiger partial charge in [0.25, 0.3) is 0 Å². The lowest BCUT2D eigenvalue weighted by atomic mass is 9.84. The zero-order valence-corrected chi connectivity index (χ0v) is 8.75. The van der Waals surface area contributed by atoms with Crippen LogP contribution in [0.1, 0.15) is 43.6 Å². The first-order valence-electron chi connectivity index (χ1n) is 5.46. The second-order valence-electron chi connectivity index (χ2n) is 4.00. The second kappa shape index (κ2) is 4.50. The highest BCUT2D eigenvalue weighted by atomic mass is 16.5. The van der Waals surface area contributed by atoms with Gasteiger partial charge < -0.3 is 4.74 Å². The van der Waals surface area contributed by atoms with Gasteiger partial charge in [-0.25, -0.2) is 0 Å². The van der Waals surface area contributed by atoms with Crippen LogP contribution in [0.25, 0.3) is 0 Å². The first kappa shape index (κ1) is 9.57. The van der Waals surface area contributed by atoms with Gasteiger partial charge in [-0.05, 0) is 36.5 Å². The Hall–Kier alpha value is -0.980. The van der Waals surface area contributed by atoms with Crippen molar-refractivity contribution in [1.29, 1.82) is 0 Å². The largest absolute Gasteiger partial charge is 0.496 e. The van der Waals surface area contributed by atoms with Crippen molar-refractivity contribution >= 4 is 0 Å². The predicted molar refractivity (Wildman–Crippen MR) is 57.7 cm³/mol. The summed E-state index contributed by atoms with van der Waals surface area (Å²) in [5.41, 5.74) is 1.38. The summed E-state index contributed by atoms with van der Waals surface area (Å²) in [4.78, 5) is 0. The van der Waals surface area contributed by atoms with Gasteiger partial charge in [0.15, 0.2) is 0 Å². The molecule has 0 aromatic heterocycles. The highest BCUT2D eigenvalue weighted by molar-refractivity contribution is 5.35. The van der Waals surface area contributed by atoms with Crippen LogP contribution in [0.2, 0.25) is 0 Å². The molecule has 0 heterocycles. The Morgan fingerprint density at radius 2 is 2.07 bits per heavy atom. The summed E-state index contributed by atoms with van der Waals surface area (Å²) in [5, 5.41) is 0. The minimum Gasteiger partial charge on any atom is -0.496 e. The van der Waals surface area contributed by atoms with E-state index >= 15 is 0 Å². The number of rotatable bonds is 2. The van der Waals surface area contributed by atoms with Crippen LogP contribution in [-0.4, -0.2) is 7.11 Å². The molecule has 1 nitrogen and oxygen atoms in total. The summed E-state index contributed by atoms with van der Waals surface area (Å²) >= 11 is 0. The third kappa shape index (κ3) is 1.92. The van der Waals surface area contributed by atoms with Crippen LogP contribution in [0.5, 0.6) is 5.75 Å². The molecular weight excluding hydrogens is 172 g/mol. The fourth-order valence-electron chi connectivity index (χ4n) is 2.35. The first-order chi connectivity index (χ1) is 6.92. The number of methoxy groups -OCH3 is 1. The molecule has 0 spiro atoms. The van der Waals surface area contributed by atoms with Crippen LogP contribution in [0.15, 0.2) is 18.2 Å². The van der Waals surface area contributed by atoms with Gasteiger partial charge >= 0.3 is 0 Å². The third-order valence-corrected chi connectivity index (χ3v) is 3.12. The molecule has 0 aliphatic heterocycles. The molecule has 0 unspecified atom stereocenters. The van der Waals surface area contributed by atoms with Crippen molar-refractivity contribution in [2.24, 2.45) is 0 Å². The van der Waals surface area contributed by atoms with E-state index in [1.807, 2.05) is 12.1 Å². The molecular formula is C13H17O. The van der Waals surface area contributed by atoms with Crippen molar-refractivity contribution < 1.29 is 4.74 Å². The van der Waals surface area contributed by atoms with Gasteiger partial charge in [0.1, 0.15) is 5.75 Å². The Balaban J connectivity index is 2.20. The van der Waals surface area contributed by atoms with E-state index in [0.717, 1.165) is 5.75 Å². The summed E-state index contributed by atoms with van der Waals surface area (Å²) in [7, 11) is 1.75. The van der Waals surface area contributed by atoms with Gasteiger partial charge in [-0.15, -0.1) is 0 Å². The molecule has 0 bridgehead atoms. The molecule has 0 atom stereocenters. The van der Waals surface area contributed by atoms with Crippen molar-refractivity contribution in [3.8, 4) is 5.75 Å². The smallest absolute Gasteiger partial charge is 0.122 e. The van der Waals surface area contributed by atoms with E-state index < -0.39 is 0 Å². The van der Waals surface area contributed by atoms with Crippen LogP contribution in [0, 0.1) is 6.07 Å². The zero-order chi connectivity index (χ0) is 9.80. The summed E-state index contributed by atoms with van der Waals surface area (Å²) < 4.78 is 5.37. The first-order valence-corrected chi connectivity index (χ1v) is 5.46.